The molecule has 0 bridgehead atoms. The quantitative estimate of drug-likeness (QED) is 0.505. The number of aromatic nitrogens is 4. The summed E-state index contributed by atoms with van der Waals surface area (Å²) in [6.45, 7) is 0. The van der Waals surface area contributed by atoms with Gasteiger partial charge in [-0.25, -0.2) is 15.8 Å². The van der Waals surface area contributed by atoms with Gasteiger partial charge >= 0.3 is 0 Å². The highest BCUT2D eigenvalue weighted by Crippen LogP contribution is 2.20. The molecule has 0 unspecified atom stereocenters. The minimum absolute atomic E-state index is 0.382. The molecule has 0 spiro atoms. The van der Waals surface area contributed by atoms with Crippen molar-refractivity contribution in [2.24, 2.45) is 5.84 Å². The number of rotatable bonds is 2. The van der Waals surface area contributed by atoms with Crippen molar-refractivity contribution in [3.63, 3.8) is 0 Å². The molecule has 3 rings (SSSR count). The minimum atomic E-state index is 0.382. The molecule has 84 valence electrons. The van der Waals surface area contributed by atoms with Crippen molar-refractivity contribution in [1.29, 1.82) is 0 Å². The van der Waals surface area contributed by atoms with Crippen LogP contribution in [-0.4, -0.2) is 19.5 Å². The van der Waals surface area contributed by atoms with E-state index in [-0.39, 0.29) is 0 Å². The van der Waals surface area contributed by atoms with Crippen LogP contribution in [0.4, 0.5) is 5.95 Å². The highest BCUT2D eigenvalue weighted by molar-refractivity contribution is 5.86. The Labute approximate surface area is 97.1 Å². The van der Waals surface area contributed by atoms with Gasteiger partial charge in [-0.15, -0.1) is 0 Å². The summed E-state index contributed by atoms with van der Waals surface area (Å²) in [4.78, 5) is 12.6. The molecule has 0 saturated heterocycles. The molecule has 0 aliphatic heterocycles. The predicted molar refractivity (Wildman–Crippen MR) is 64.5 cm³/mol. The van der Waals surface area contributed by atoms with Crippen LogP contribution in [-0.2, 0) is 0 Å². The van der Waals surface area contributed by atoms with E-state index in [1.165, 1.54) is 0 Å². The first-order valence-corrected chi connectivity index (χ1v) is 5.10. The number of benzene rings is 1. The first-order valence-electron chi connectivity index (χ1n) is 5.10. The van der Waals surface area contributed by atoms with Gasteiger partial charge in [-0.05, 0) is 12.1 Å². The number of hydrogen-bond acceptors (Lipinski definition) is 5. The van der Waals surface area contributed by atoms with Crippen molar-refractivity contribution in [1.82, 2.24) is 19.5 Å². The van der Waals surface area contributed by atoms with E-state index >= 15 is 0 Å². The smallest absolute Gasteiger partial charge is 0.239 e. The molecular weight excluding hydrogens is 216 g/mol. The van der Waals surface area contributed by atoms with E-state index in [4.69, 9.17) is 5.84 Å². The van der Waals surface area contributed by atoms with Crippen molar-refractivity contribution >= 4 is 16.9 Å². The third-order valence-corrected chi connectivity index (χ3v) is 2.46. The maximum absolute atomic E-state index is 5.36. The number of anilines is 1. The molecule has 0 radical (unpaired) electrons. The fraction of sp³-hybridized carbons (Fsp3) is 0. The molecule has 0 fully saturated rings. The molecular formula is C11H10N6. The Morgan fingerprint density at radius 2 is 2.06 bits per heavy atom. The Hall–Kier alpha value is -2.47. The van der Waals surface area contributed by atoms with Crippen LogP contribution < -0.4 is 11.3 Å². The van der Waals surface area contributed by atoms with Gasteiger partial charge in [0.15, 0.2) is 5.82 Å². The van der Waals surface area contributed by atoms with Crippen LogP contribution >= 0.6 is 0 Å². The van der Waals surface area contributed by atoms with Crippen LogP contribution in [0, 0.1) is 0 Å². The largest absolute Gasteiger partial charge is 0.292 e. The molecule has 1 aromatic carbocycles. The average Bonchev–Trinajstić information content (AvgIpc) is 2.91. The van der Waals surface area contributed by atoms with Crippen LogP contribution in [0.5, 0.6) is 0 Å². The minimum Gasteiger partial charge on any atom is -0.292 e. The van der Waals surface area contributed by atoms with E-state index < -0.39 is 0 Å². The summed E-state index contributed by atoms with van der Waals surface area (Å²) in [5.74, 6) is 6.50. The van der Waals surface area contributed by atoms with Gasteiger partial charge in [-0.2, -0.15) is 4.98 Å². The summed E-state index contributed by atoms with van der Waals surface area (Å²) < 4.78 is 1.82. The number of nitrogen functional groups attached to an aromatic ring is 1. The lowest BCUT2D eigenvalue weighted by atomic mass is 10.2. The number of imidazole rings is 1. The molecule has 6 heteroatoms. The molecule has 0 amide bonds. The van der Waals surface area contributed by atoms with Gasteiger partial charge in [0.2, 0.25) is 5.95 Å². The molecule has 0 atom stereocenters. The monoisotopic (exact) mass is 226 g/mol. The second kappa shape index (κ2) is 3.84. The molecule has 6 nitrogen and oxygen atoms in total. The van der Waals surface area contributed by atoms with E-state index in [1.54, 1.807) is 12.5 Å². The van der Waals surface area contributed by atoms with Gasteiger partial charge in [-0.3, -0.25) is 9.99 Å². The van der Waals surface area contributed by atoms with E-state index in [0.29, 0.717) is 5.95 Å². The average molecular weight is 226 g/mol. The van der Waals surface area contributed by atoms with Crippen molar-refractivity contribution < 1.29 is 0 Å². The van der Waals surface area contributed by atoms with Gasteiger partial charge in [0.25, 0.3) is 0 Å². The lowest BCUT2D eigenvalue weighted by Gasteiger charge is -2.08. The Balaban J connectivity index is 2.35. The highest BCUT2D eigenvalue weighted by Gasteiger charge is 2.07. The Kier molecular flexibility index (Phi) is 2.20. The third-order valence-electron chi connectivity index (χ3n) is 2.46. The molecule has 17 heavy (non-hydrogen) atoms. The summed E-state index contributed by atoms with van der Waals surface area (Å²) in [5.41, 5.74) is 3.30. The topological polar surface area (TPSA) is 81.6 Å². The Morgan fingerprint density at radius 1 is 1.18 bits per heavy atom. The van der Waals surface area contributed by atoms with E-state index in [9.17, 15) is 0 Å². The number of para-hydroxylation sites is 1. The van der Waals surface area contributed by atoms with Crippen LogP contribution in [0.2, 0.25) is 0 Å². The Morgan fingerprint density at radius 3 is 2.82 bits per heavy atom. The summed E-state index contributed by atoms with van der Waals surface area (Å²) in [7, 11) is 0. The van der Waals surface area contributed by atoms with Gasteiger partial charge in [-0.1, -0.05) is 12.1 Å². The normalized spacial score (nSPS) is 10.6. The number of nitrogens with one attached hydrogen (secondary N) is 1. The maximum atomic E-state index is 5.36. The molecule has 0 aliphatic carbocycles. The Bertz CT molecular complexity index is 646. The predicted octanol–water partition coefficient (Wildman–Crippen LogP) is 1.10. The van der Waals surface area contributed by atoms with E-state index in [0.717, 1.165) is 16.7 Å². The molecule has 0 saturated carbocycles. The van der Waals surface area contributed by atoms with Gasteiger partial charge < -0.3 is 0 Å². The number of hydrazine groups is 1. The summed E-state index contributed by atoms with van der Waals surface area (Å²) in [6.07, 6.45) is 5.22. The van der Waals surface area contributed by atoms with Crippen molar-refractivity contribution in [2.45, 2.75) is 0 Å². The molecule has 2 aromatic heterocycles. The van der Waals surface area contributed by atoms with E-state index in [2.05, 4.69) is 20.4 Å². The van der Waals surface area contributed by atoms with Gasteiger partial charge in [0.05, 0.1) is 5.52 Å². The fourth-order valence-electron chi connectivity index (χ4n) is 1.71. The lowest BCUT2D eigenvalue weighted by molar-refractivity contribution is 0.989. The fourth-order valence-corrected chi connectivity index (χ4v) is 1.71. The van der Waals surface area contributed by atoms with Crippen LogP contribution in [0.3, 0.4) is 0 Å². The second-order valence-corrected chi connectivity index (χ2v) is 3.50. The summed E-state index contributed by atoms with van der Waals surface area (Å²) in [6, 6.07) is 7.75. The molecule has 3 aromatic rings. The zero-order chi connectivity index (χ0) is 11.7. The molecule has 3 N–H and O–H groups in total. The van der Waals surface area contributed by atoms with Crippen molar-refractivity contribution in [3.8, 4) is 5.82 Å². The third kappa shape index (κ3) is 1.60. The number of hydrogen-bond donors (Lipinski definition) is 2. The summed E-state index contributed by atoms with van der Waals surface area (Å²) >= 11 is 0. The molecule has 2 heterocycles. The van der Waals surface area contributed by atoms with Gasteiger partial charge in [0, 0.05) is 17.8 Å². The standard InChI is InChI=1S/C11H10N6/c12-16-11-14-9-4-2-1-3-8(9)10(15-11)17-6-5-13-7-17/h1-7H,12H2,(H,14,15,16). The zero-order valence-electron chi connectivity index (χ0n) is 8.91. The number of fused-ring (bicyclic) bond motifs is 1. The number of nitrogens with two attached hydrogens (primary N) is 1. The molecule has 0 aliphatic rings. The zero-order valence-corrected chi connectivity index (χ0v) is 8.91. The van der Waals surface area contributed by atoms with Crippen molar-refractivity contribution in [2.75, 3.05) is 5.43 Å². The number of nitrogens with zero attached hydrogens (tertiary/aromatic N) is 4. The first-order chi connectivity index (χ1) is 8.38. The van der Waals surface area contributed by atoms with Crippen LogP contribution in [0.1, 0.15) is 0 Å². The van der Waals surface area contributed by atoms with Crippen LogP contribution in [0.25, 0.3) is 16.7 Å². The highest BCUT2D eigenvalue weighted by atomic mass is 15.3. The summed E-state index contributed by atoms with van der Waals surface area (Å²) in [5, 5.41) is 0.949. The van der Waals surface area contributed by atoms with Gasteiger partial charge in [0.1, 0.15) is 6.33 Å². The first kappa shape index (κ1) is 9.73. The van der Waals surface area contributed by atoms with Crippen molar-refractivity contribution in [3.05, 3.63) is 43.0 Å². The van der Waals surface area contributed by atoms with E-state index in [1.807, 2.05) is 35.0 Å². The second-order valence-electron chi connectivity index (χ2n) is 3.50. The lowest BCUT2D eigenvalue weighted by Crippen LogP contribution is -2.12. The SMILES string of the molecule is NNc1nc(-n2ccnc2)c2ccccc2n1. The maximum Gasteiger partial charge on any atom is 0.239 e. The van der Waals surface area contributed by atoms with Crippen LogP contribution in [0.15, 0.2) is 43.0 Å².